The molecule has 1 aliphatic carbocycles. The molecule has 2 unspecified atom stereocenters. The number of amides is 1. The fraction of sp³-hybridized carbons (Fsp3) is 0.435. The summed E-state index contributed by atoms with van der Waals surface area (Å²) in [6.07, 6.45) is 2.29. The van der Waals surface area contributed by atoms with Crippen LogP contribution in [0.5, 0.6) is 11.5 Å². The Morgan fingerprint density at radius 3 is 2.63 bits per heavy atom. The lowest BCUT2D eigenvalue weighted by Gasteiger charge is -2.32. The number of fused-ring (bicyclic) bond motifs is 1. The van der Waals surface area contributed by atoms with Crippen LogP contribution >= 0.6 is 0 Å². The van der Waals surface area contributed by atoms with Crippen molar-refractivity contribution in [1.82, 2.24) is 4.90 Å². The van der Waals surface area contributed by atoms with Crippen molar-refractivity contribution in [2.75, 3.05) is 20.2 Å². The summed E-state index contributed by atoms with van der Waals surface area (Å²) < 4.78 is 11.2. The van der Waals surface area contributed by atoms with Crippen molar-refractivity contribution in [3.05, 3.63) is 59.7 Å². The van der Waals surface area contributed by atoms with Crippen molar-refractivity contribution in [2.24, 2.45) is 5.92 Å². The van der Waals surface area contributed by atoms with Crippen LogP contribution in [0.15, 0.2) is 48.5 Å². The Bertz CT molecular complexity index is 833. The molecular formula is C23H27NO3. The number of carbonyl (C=O) groups is 1. The van der Waals surface area contributed by atoms with E-state index >= 15 is 0 Å². The van der Waals surface area contributed by atoms with Crippen LogP contribution in [0.4, 0.5) is 0 Å². The van der Waals surface area contributed by atoms with E-state index < -0.39 is 0 Å². The second kappa shape index (κ2) is 6.91. The number of hydrogen-bond acceptors (Lipinski definition) is 3. The minimum absolute atomic E-state index is 0.0523. The first-order chi connectivity index (χ1) is 13.0. The predicted octanol–water partition coefficient (Wildman–Crippen LogP) is 4.29. The van der Waals surface area contributed by atoms with E-state index in [0.29, 0.717) is 17.2 Å². The van der Waals surface area contributed by atoms with Crippen LogP contribution in [-0.4, -0.2) is 37.1 Å². The van der Waals surface area contributed by atoms with Gasteiger partial charge in [0.25, 0.3) is 5.91 Å². The van der Waals surface area contributed by atoms with Gasteiger partial charge in [0.1, 0.15) is 11.5 Å². The first-order valence-electron chi connectivity index (χ1n) is 9.73. The molecule has 2 aromatic rings. The second-order valence-corrected chi connectivity index (χ2v) is 7.95. The molecule has 2 aromatic carbocycles. The molecule has 1 saturated carbocycles. The van der Waals surface area contributed by atoms with Crippen molar-refractivity contribution in [3.8, 4) is 11.5 Å². The predicted molar refractivity (Wildman–Crippen MR) is 106 cm³/mol. The maximum absolute atomic E-state index is 13.1. The minimum Gasteiger partial charge on any atom is -0.496 e. The summed E-state index contributed by atoms with van der Waals surface area (Å²) in [5.41, 5.74) is 2.33. The summed E-state index contributed by atoms with van der Waals surface area (Å²) in [7, 11) is 1.60. The van der Waals surface area contributed by atoms with Crippen molar-refractivity contribution in [2.45, 2.75) is 38.2 Å². The average Bonchev–Trinajstić information content (AvgIpc) is 3.42. The average molecular weight is 365 g/mol. The van der Waals surface area contributed by atoms with Gasteiger partial charge in [-0.3, -0.25) is 4.79 Å². The molecule has 2 aliphatic rings. The molecule has 0 N–H and O–H groups in total. The van der Waals surface area contributed by atoms with E-state index in [1.807, 2.05) is 36.9 Å². The van der Waals surface area contributed by atoms with Gasteiger partial charge in [-0.2, -0.15) is 0 Å². The number of methoxy groups -OCH3 is 1. The Balaban J connectivity index is 1.49. The van der Waals surface area contributed by atoms with Gasteiger partial charge in [0.05, 0.1) is 18.8 Å². The van der Waals surface area contributed by atoms with Gasteiger partial charge in [0.15, 0.2) is 0 Å². The van der Waals surface area contributed by atoms with E-state index in [9.17, 15) is 4.79 Å². The molecule has 0 spiro atoms. The summed E-state index contributed by atoms with van der Waals surface area (Å²) in [5, 5.41) is 0. The molecule has 1 heterocycles. The van der Waals surface area contributed by atoms with Crippen LogP contribution in [-0.2, 0) is 5.41 Å². The largest absolute Gasteiger partial charge is 0.496 e. The number of rotatable bonds is 5. The zero-order chi connectivity index (χ0) is 19.0. The number of nitrogens with zero attached hydrogens (tertiary/aromatic N) is 1. The molecule has 4 rings (SSSR count). The van der Waals surface area contributed by atoms with Crippen molar-refractivity contribution in [1.29, 1.82) is 0 Å². The van der Waals surface area contributed by atoms with E-state index in [2.05, 4.69) is 30.3 Å². The maximum atomic E-state index is 13.1. The van der Waals surface area contributed by atoms with Gasteiger partial charge in [-0.05, 0) is 50.3 Å². The lowest BCUT2D eigenvalue weighted by Crippen LogP contribution is -2.40. The Morgan fingerprint density at radius 1 is 1.19 bits per heavy atom. The number of likely N-dealkylation sites (tertiary alicyclic amines) is 1. The van der Waals surface area contributed by atoms with E-state index in [4.69, 9.17) is 9.47 Å². The van der Waals surface area contributed by atoms with Gasteiger partial charge in [0.2, 0.25) is 0 Å². The molecule has 1 aliphatic heterocycles. The minimum atomic E-state index is 0.0523. The number of hydrogen-bond donors (Lipinski definition) is 0. The number of piperidine rings is 1. The summed E-state index contributed by atoms with van der Waals surface area (Å²) in [4.78, 5) is 15.1. The van der Waals surface area contributed by atoms with Crippen molar-refractivity contribution in [3.63, 3.8) is 0 Å². The Kier molecular flexibility index (Phi) is 4.58. The summed E-state index contributed by atoms with van der Waals surface area (Å²) in [5.74, 6) is 1.92. The van der Waals surface area contributed by atoms with Gasteiger partial charge in [-0.25, -0.2) is 0 Å². The SMILES string of the molecule is COc1cc(OC(C)C)ccc1C(=O)N1CCC2(c3ccccc3)CC2C1. The van der Waals surface area contributed by atoms with E-state index in [1.165, 1.54) is 12.0 Å². The highest BCUT2D eigenvalue weighted by molar-refractivity contribution is 5.97. The monoisotopic (exact) mass is 365 g/mol. The molecule has 2 fully saturated rings. The van der Waals surface area contributed by atoms with Crippen LogP contribution in [0.1, 0.15) is 42.6 Å². The summed E-state index contributed by atoms with van der Waals surface area (Å²) >= 11 is 0. The smallest absolute Gasteiger partial charge is 0.257 e. The normalized spacial score (nSPS) is 23.7. The Hall–Kier alpha value is -2.49. The third-order valence-electron chi connectivity index (χ3n) is 5.91. The highest BCUT2D eigenvalue weighted by Gasteiger charge is 2.57. The van der Waals surface area contributed by atoms with Crippen LogP contribution in [0.2, 0.25) is 0 Å². The fourth-order valence-corrected chi connectivity index (χ4v) is 4.43. The van der Waals surface area contributed by atoms with E-state index in [-0.39, 0.29) is 17.4 Å². The van der Waals surface area contributed by atoms with Gasteiger partial charge in [-0.1, -0.05) is 30.3 Å². The van der Waals surface area contributed by atoms with Crippen molar-refractivity contribution >= 4 is 5.91 Å². The zero-order valence-corrected chi connectivity index (χ0v) is 16.3. The molecule has 142 valence electrons. The summed E-state index contributed by atoms with van der Waals surface area (Å²) in [6, 6.07) is 16.2. The topological polar surface area (TPSA) is 38.8 Å². The first kappa shape index (κ1) is 17.9. The number of benzene rings is 2. The van der Waals surface area contributed by atoms with Crippen LogP contribution < -0.4 is 9.47 Å². The molecular weight excluding hydrogens is 338 g/mol. The third-order valence-corrected chi connectivity index (χ3v) is 5.91. The molecule has 1 amide bonds. The second-order valence-electron chi connectivity index (χ2n) is 7.95. The van der Waals surface area contributed by atoms with Gasteiger partial charge in [0, 0.05) is 24.6 Å². The molecule has 1 saturated heterocycles. The van der Waals surface area contributed by atoms with Crippen LogP contribution in [0.25, 0.3) is 0 Å². The quantitative estimate of drug-likeness (QED) is 0.794. The molecule has 0 radical (unpaired) electrons. The van der Waals surface area contributed by atoms with Crippen LogP contribution in [0, 0.1) is 5.92 Å². The van der Waals surface area contributed by atoms with Crippen molar-refractivity contribution < 1.29 is 14.3 Å². The standard InChI is InChI=1S/C23H27NO3/c1-16(2)27-19-9-10-20(21(13-19)26-3)22(25)24-12-11-23(14-18(23)15-24)17-7-5-4-6-8-17/h4-10,13,16,18H,11-12,14-15H2,1-3H3. The summed E-state index contributed by atoms with van der Waals surface area (Å²) in [6.45, 7) is 5.57. The molecule has 27 heavy (non-hydrogen) atoms. The van der Waals surface area contributed by atoms with Crippen LogP contribution in [0.3, 0.4) is 0 Å². The van der Waals surface area contributed by atoms with E-state index in [0.717, 1.165) is 25.3 Å². The third kappa shape index (κ3) is 3.29. The van der Waals surface area contributed by atoms with Gasteiger partial charge >= 0.3 is 0 Å². The maximum Gasteiger partial charge on any atom is 0.257 e. The van der Waals surface area contributed by atoms with Gasteiger partial charge < -0.3 is 14.4 Å². The van der Waals surface area contributed by atoms with Gasteiger partial charge in [-0.15, -0.1) is 0 Å². The highest BCUT2D eigenvalue weighted by Crippen LogP contribution is 2.59. The number of ether oxygens (including phenoxy) is 2. The first-order valence-corrected chi connectivity index (χ1v) is 9.73. The molecule has 2 atom stereocenters. The zero-order valence-electron chi connectivity index (χ0n) is 16.3. The molecule has 0 bridgehead atoms. The number of carbonyl (C=O) groups excluding carboxylic acids is 1. The van der Waals surface area contributed by atoms with E-state index in [1.54, 1.807) is 7.11 Å². The Labute approximate surface area is 161 Å². The lowest BCUT2D eigenvalue weighted by molar-refractivity contribution is 0.0704. The molecule has 4 nitrogen and oxygen atoms in total. The highest BCUT2D eigenvalue weighted by atomic mass is 16.5. The molecule has 4 heteroatoms. The lowest BCUT2D eigenvalue weighted by atomic mass is 9.87. The Morgan fingerprint density at radius 2 is 1.96 bits per heavy atom. The fourth-order valence-electron chi connectivity index (χ4n) is 4.43. The molecule has 0 aromatic heterocycles.